The standard InChI is InChI=1S/C7H7IOS/c1-4-2-5(10)3-6(8)7(4)9/h2-3,9-10H,1H3. The van der Waals surface area contributed by atoms with Crippen molar-refractivity contribution < 1.29 is 5.11 Å². The summed E-state index contributed by atoms with van der Waals surface area (Å²) < 4.78 is 0.850. The van der Waals surface area contributed by atoms with E-state index >= 15 is 0 Å². The van der Waals surface area contributed by atoms with Gasteiger partial charge in [0.05, 0.1) is 3.57 Å². The van der Waals surface area contributed by atoms with Gasteiger partial charge in [-0.1, -0.05) is 0 Å². The van der Waals surface area contributed by atoms with E-state index < -0.39 is 0 Å². The molecule has 1 aromatic rings. The van der Waals surface area contributed by atoms with E-state index in [0.717, 1.165) is 14.0 Å². The molecule has 0 radical (unpaired) electrons. The predicted molar refractivity (Wildman–Crippen MR) is 52.8 cm³/mol. The fourth-order valence-corrected chi connectivity index (χ4v) is 2.05. The summed E-state index contributed by atoms with van der Waals surface area (Å²) in [5.74, 6) is 0.360. The normalized spacial score (nSPS) is 9.90. The Kier molecular flexibility index (Phi) is 2.46. The zero-order chi connectivity index (χ0) is 7.72. The Morgan fingerprint density at radius 3 is 2.60 bits per heavy atom. The van der Waals surface area contributed by atoms with Gasteiger partial charge in [0.15, 0.2) is 0 Å². The topological polar surface area (TPSA) is 20.2 Å². The van der Waals surface area contributed by atoms with E-state index in [0.29, 0.717) is 5.75 Å². The predicted octanol–water partition coefficient (Wildman–Crippen LogP) is 2.59. The third-order valence-corrected chi connectivity index (χ3v) is 2.32. The van der Waals surface area contributed by atoms with Gasteiger partial charge in [0.1, 0.15) is 5.75 Å². The Morgan fingerprint density at radius 2 is 2.10 bits per heavy atom. The third kappa shape index (κ3) is 1.58. The quantitative estimate of drug-likeness (QED) is 0.546. The maximum absolute atomic E-state index is 9.29. The molecule has 1 nitrogen and oxygen atoms in total. The Bertz CT molecular complexity index is 237. The third-order valence-electron chi connectivity index (χ3n) is 1.24. The molecular weight excluding hydrogens is 259 g/mol. The van der Waals surface area contributed by atoms with Gasteiger partial charge in [0.2, 0.25) is 0 Å². The Balaban J connectivity index is 3.31. The molecule has 0 fully saturated rings. The van der Waals surface area contributed by atoms with Gasteiger partial charge in [-0.25, -0.2) is 0 Å². The lowest BCUT2D eigenvalue weighted by atomic mass is 10.2. The van der Waals surface area contributed by atoms with Crippen molar-refractivity contribution in [2.45, 2.75) is 11.8 Å². The van der Waals surface area contributed by atoms with Crippen LogP contribution in [0.5, 0.6) is 5.75 Å². The molecule has 1 N–H and O–H groups in total. The van der Waals surface area contributed by atoms with Crippen LogP contribution in [0.3, 0.4) is 0 Å². The lowest BCUT2D eigenvalue weighted by Crippen LogP contribution is -1.79. The maximum Gasteiger partial charge on any atom is 0.131 e. The minimum Gasteiger partial charge on any atom is -0.507 e. The smallest absolute Gasteiger partial charge is 0.131 e. The summed E-state index contributed by atoms with van der Waals surface area (Å²) in [6, 6.07) is 3.66. The summed E-state index contributed by atoms with van der Waals surface area (Å²) in [6.07, 6.45) is 0. The number of phenolic OH excluding ortho intramolecular Hbond substituents is 1. The highest BCUT2D eigenvalue weighted by atomic mass is 127. The van der Waals surface area contributed by atoms with E-state index in [1.54, 1.807) is 0 Å². The maximum atomic E-state index is 9.29. The number of aromatic hydroxyl groups is 1. The van der Waals surface area contributed by atoms with E-state index in [1.165, 1.54) is 0 Å². The average molecular weight is 266 g/mol. The molecule has 0 aromatic heterocycles. The molecule has 0 aliphatic rings. The molecule has 0 saturated carbocycles. The minimum absolute atomic E-state index is 0.360. The average Bonchev–Trinajstić information content (AvgIpc) is 1.82. The molecule has 54 valence electrons. The Hall–Kier alpha value is 0.1000. The number of aryl methyl sites for hydroxylation is 1. The molecule has 1 aromatic carbocycles. The second-order valence-electron chi connectivity index (χ2n) is 2.09. The molecule has 0 amide bonds. The van der Waals surface area contributed by atoms with Crippen molar-refractivity contribution >= 4 is 35.2 Å². The molecule has 0 saturated heterocycles. The fourth-order valence-electron chi connectivity index (χ4n) is 0.718. The molecule has 3 heteroatoms. The number of halogens is 1. The van der Waals surface area contributed by atoms with Crippen molar-refractivity contribution in [3.63, 3.8) is 0 Å². The van der Waals surface area contributed by atoms with Gasteiger partial charge in [0, 0.05) is 4.90 Å². The molecule has 0 heterocycles. The molecule has 0 spiro atoms. The van der Waals surface area contributed by atoms with Gasteiger partial charge >= 0.3 is 0 Å². The number of thiol groups is 1. The number of phenols is 1. The molecule has 1 rings (SSSR count). The lowest BCUT2D eigenvalue weighted by Gasteiger charge is -2.01. The first-order valence-corrected chi connectivity index (χ1v) is 4.32. The second kappa shape index (κ2) is 3.00. The van der Waals surface area contributed by atoms with Gasteiger partial charge in [0.25, 0.3) is 0 Å². The molecule has 0 aliphatic heterocycles. The van der Waals surface area contributed by atoms with Crippen LogP contribution in [0.1, 0.15) is 5.56 Å². The molecular formula is C7H7IOS. The number of hydrogen-bond donors (Lipinski definition) is 2. The fraction of sp³-hybridized carbons (Fsp3) is 0.143. The SMILES string of the molecule is Cc1cc(S)cc(I)c1O. The summed E-state index contributed by atoms with van der Waals surface area (Å²) in [7, 11) is 0. The van der Waals surface area contributed by atoms with Crippen molar-refractivity contribution in [3.05, 3.63) is 21.3 Å². The van der Waals surface area contributed by atoms with Crippen LogP contribution in [0.25, 0.3) is 0 Å². The van der Waals surface area contributed by atoms with E-state index in [4.69, 9.17) is 0 Å². The van der Waals surface area contributed by atoms with E-state index in [9.17, 15) is 5.11 Å². The van der Waals surface area contributed by atoms with Crippen molar-refractivity contribution in [3.8, 4) is 5.75 Å². The van der Waals surface area contributed by atoms with Gasteiger partial charge in [-0.2, -0.15) is 0 Å². The Labute approximate surface area is 79.0 Å². The molecule has 0 bridgehead atoms. The van der Waals surface area contributed by atoms with Gasteiger partial charge < -0.3 is 5.11 Å². The largest absolute Gasteiger partial charge is 0.507 e. The highest BCUT2D eigenvalue weighted by Crippen LogP contribution is 2.26. The van der Waals surface area contributed by atoms with Crippen LogP contribution in [0, 0.1) is 10.5 Å². The van der Waals surface area contributed by atoms with Crippen molar-refractivity contribution in [1.82, 2.24) is 0 Å². The second-order valence-corrected chi connectivity index (χ2v) is 3.77. The van der Waals surface area contributed by atoms with Crippen LogP contribution in [-0.4, -0.2) is 5.11 Å². The summed E-state index contributed by atoms with van der Waals surface area (Å²) in [5.41, 5.74) is 0.872. The van der Waals surface area contributed by atoms with Gasteiger partial charge in [-0.3, -0.25) is 0 Å². The van der Waals surface area contributed by atoms with Crippen LogP contribution >= 0.6 is 35.2 Å². The summed E-state index contributed by atoms with van der Waals surface area (Å²) in [4.78, 5) is 0.889. The monoisotopic (exact) mass is 266 g/mol. The Morgan fingerprint density at radius 1 is 1.50 bits per heavy atom. The van der Waals surface area contributed by atoms with Crippen molar-refractivity contribution in [2.24, 2.45) is 0 Å². The zero-order valence-electron chi connectivity index (χ0n) is 5.43. The first-order chi connectivity index (χ1) is 4.61. The van der Waals surface area contributed by atoms with Crippen molar-refractivity contribution in [2.75, 3.05) is 0 Å². The van der Waals surface area contributed by atoms with Crippen LogP contribution in [-0.2, 0) is 0 Å². The molecule has 0 unspecified atom stereocenters. The van der Waals surface area contributed by atoms with Gasteiger partial charge in [-0.15, -0.1) is 12.6 Å². The first kappa shape index (κ1) is 8.20. The van der Waals surface area contributed by atoms with E-state index in [1.807, 2.05) is 19.1 Å². The highest BCUT2D eigenvalue weighted by Gasteiger charge is 2.00. The minimum atomic E-state index is 0.360. The van der Waals surface area contributed by atoms with Crippen LogP contribution in [0.4, 0.5) is 0 Å². The van der Waals surface area contributed by atoms with E-state index in [2.05, 4.69) is 35.2 Å². The zero-order valence-corrected chi connectivity index (χ0v) is 8.48. The van der Waals surface area contributed by atoms with Crippen LogP contribution < -0.4 is 0 Å². The summed E-state index contributed by atoms with van der Waals surface area (Å²) in [6.45, 7) is 1.86. The van der Waals surface area contributed by atoms with Gasteiger partial charge in [-0.05, 0) is 47.2 Å². The summed E-state index contributed by atoms with van der Waals surface area (Å²) >= 11 is 6.23. The molecule has 10 heavy (non-hydrogen) atoms. The summed E-state index contributed by atoms with van der Waals surface area (Å²) in [5, 5.41) is 9.29. The highest BCUT2D eigenvalue weighted by molar-refractivity contribution is 14.1. The molecule has 0 atom stereocenters. The number of rotatable bonds is 0. The van der Waals surface area contributed by atoms with E-state index in [-0.39, 0.29) is 0 Å². The first-order valence-electron chi connectivity index (χ1n) is 2.79. The van der Waals surface area contributed by atoms with Crippen LogP contribution in [0.15, 0.2) is 17.0 Å². The van der Waals surface area contributed by atoms with Crippen molar-refractivity contribution in [1.29, 1.82) is 0 Å². The van der Waals surface area contributed by atoms with Crippen LogP contribution in [0.2, 0.25) is 0 Å². The number of hydrogen-bond acceptors (Lipinski definition) is 2. The lowest BCUT2D eigenvalue weighted by molar-refractivity contribution is 0.466. The number of benzene rings is 1. The molecule has 0 aliphatic carbocycles.